The van der Waals surface area contributed by atoms with Crippen molar-refractivity contribution >= 4 is 17.9 Å². The maximum atomic E-state index is 12.1. The Balaban J connectivity index is 2.63. The molecule has 0 aliphatic heterocycles. The Labute approximate surface area is 153 Å². The zero-order valence-corrected chi connectivity index (χ0v) is 15.8. The predicted octanol–water partition coefficient (Wildman–Crippen LogP) is 2.27. The van der Waals surface area contributed by atoms with Crippen molar-refractivity contribution in [3.63, 3.8) is 0 Å². The van der Waals surface area contributed by atoms with E-state index in [1.165, 1.54) is 12.1 Å². The lowest BCUT2D eigenvalue weighted by Crippen LogP contribution is -2.49. The van der Waals surface area contributed by atoms with Gasteiger partial charge in [0, 0.05) is 5.54 Å². The summed E-state index contributed by atoms with van der Waals surface area (Å²) in [6.45, 7) is 9.27. The molecule has 26 heavy (non-hydrogen) atoms. The minimum Gasteiger partial charge on any atom is -0.490 e. The second-order valence-corrected chi connectivity index (χ2v) is 6.36. The van der Waals surface area contributed by atoms with E-state index in [1.807, 2.05) is 13.8 Å². The van der Waals surface area contributed by atoms with Crippen LogP contribution in [0.4, 0.5) is 4.79 Å². The van der Waals surface area contributed by atoms with Crippen molar-refractivity contribution in [2.75, 3.05) is 19.8 Å². The molecule has 8 heteroatoms. The zero-order valence-electron chi connectivity index (χ0n) is 15.8. The molecule has 0 radical (unpaired) electrons. The highest BCUT2D eigenvalue weighted by Gasteiger charge is 2.18. The molecule has 0 bridgehead atoms. The number of esters is 1. The van der Waals surface area contributed by atoms with E-state index in [2.05, 4.69) is 10.6 Å². The Morgan fingerprint density at radius 1 is 1.00 bits per heavy atom. The maximum Gasteiger partial charge on any atom is 0.338 e. The Morgan fingerprint density at radius 2 is 1.62 bits per heavy atom. The number of benzene rings is 1. The third-order valence-electron chi connectivity index (χ3n) is 2.85. The molecule has 0 aliphatic rings. The molecular formula is C18H26N2O6. The molecule has 0 saturated carbocycles. The summed E-state index contributed by atoms with van der Waals surface area (Å²) < 4.78 is 15.8. The van der Waals surface area contributed by atoms with Gasteiger partial charge in [0.15, 0.2) is 18.1 Å². The first-order valence-corrected chi connectivity index (χ1v) is 8.35. The molecule has 1 aromatic rings. The van der Waals surface area contributed by atoms with Crippen LogP contribution in [0.3, 0.4) is 0 Å². The summed E-state index contributed by atoms with van der Waals surface area (Å²) in [4.78, 5) is 35.4. The van der Waals surface area contributed by atoms with Gasteiger partial charge in [-0.15, -0.1) is 0 Å². The first kappa shape index (κ1) is 21.3. The Morgan fingerprint density at radius 3 is 2.19 bits per heavy atom. The van der Waals surface area contributed by atoms with E-state index in [9.17, 15) is 14.4 Å². The van der Waals surface area contributed by atoms with Crippen molar-refractivity contribution in [2.24, 2.45) is 0 Å². The molecule has 144 valence electrons. The van der Waals surface area contributed by atoms with Crippen LogP contribution in [-0.4, -0.2) is 43.3 Å². The number of carbonyl (C=O) groups excluding carboxylic acids is 3. The third-order valence-corrected chi connectivity index (χ3v) is 2.85. The van der Waals surface area contributed by atoms with E-state index in [-0.39, 0.29) is 5.56 Å². The van der Waals surface area contributed by atoms with E-state index in [0.717, 1.165) is 0 Å². The molecule has 8 nitrogen and oxygen atoms in total. The van der Waals surface area contributed by atoms with Gasteiger partial charge < -0.3 is 19.5 Å². The summed E-state index contributed by atoms with van der Waals surface area (Å²) in [5.74, 6) is -0.503. The van der Waals surface area contributed by atoms with E-state index >= 15 is 0 Å². The van der Waals surface area contributed by atoms with Crippen molar-refractivity contribution in [1.29, 1.82) is 0 Å². The van der Waals surface area contributed by atoms with E-state index < -0.39 is 30.1 Å². The maximum absolute atomic E-state index is 12.1. The van der Waals surface area contributed by atoms with Gasteiger partial charge in [0.1, 0.15) is 0 Å². The van der Waals surface area contributed by atoms with Gasteiger partial charge in [-0.25, -0.2) is 9.59 Å². The van der Waals surface area contributed by atoms with Gasteiger partial charge in [-0.05, 0) is 52.8 Å². The van der Waals surface area contributed by atoms with Gasteiger partial charge in [0.05, 0.1) is 18.8 Å². The van der Waals surface area contributed by atoms with Crippen LogP contribution in [0.1, 0.15) is 45.0 Å². The molecule has 0 unspecified atom stereocenters. The monoisotopic (exact) mass is 366 g/mol. The first-order chi connectivity index (χ1) is 12.2. The summed E-state index contributed by atoms with van der Waals surface area (Å²) >= 11 is 0. The summed E-state index contributed by atoms with van der Waals surface area (Å²) in [6.07, 6.45) is 0. The number of urea groups is 1. The van der Waals surface area contributed by atoms with Crippen LogP contribution in [0.25, 0.3) is 0 Å². The molecular weight excluding hydrogens is 340 g/mol. The second-order valence-electron chi connectivity index (χ2n) is 6.36. The molecule has 1 rings (SSSR count). The number of carbonyl (C=O) groups is 3. The van der Waals surface area contributed by atoms with E-state index in [4.69, 9.17) is 14.2 Å². The minimum atomic E-state index is -0.726. The Hall–Kier alpha value is -2.77. The first-order valence-electron chi connectivity index (χ1n) is 8.35. The number of hydrogen-bond donors (Lipinski definition) is 2. The fourth-order valence-corrected chi connectivity index (χ4v) is 1.93. The van der Waals surface area contributed by atoms with Crippen LogP contribution in [0.2, 0.25) is 0 Å². The van der Waals surface area contributed by atoms with Crippen molar-refractivity contribution in [2.45, 2.75) is 40.2 Å². The van der Waals surface area contributed by atoms with Crippen molar-refractivity contribution in [3.8, 4) is 11.5 Å². The number of nitrogens with one attached hydrogen (secondary N) is 2. The molecule has 0 atom stereocenters. The molecule has 0 fully saturated rings. The highest BCUT2D eigenvalue weighted by atomic mass is 16.5. The molecule has 1 aromatic carbocycles. The number of rotatable bonds is 7. The van der Waals surface area contributed by atoms with Crippen molar-refractivity contribution < 1.29 is 28.6 Å². The molecule has 0 aliphatic carbocycles. The third kappa shape index (κ3) is 7.42. The molecule has 0 aromatic heterocycles. The highest BCUT2D eigenvalue weighted by Crippen LogP contribution is 2.28. The van der Waals surface area contributed by atoms with Gasteiger partial charge in [0.25, 0.3) is 5.91 Å². The van der Waals surface area contributed by atoms with Crippen LogP contribution in [0, 0.1) is 0 Å². The molecule has 3 amide bonds. The van der Waals surface area contributed by atoms with Crippen LogP contribution >= 0.6 is 0 Å². The molecule has 0 saturated heterocycles. The van der Waals surface area contributed by atoms with Gasteiger partial charge >= 0.3 is 12.0 Å². The number of imide groups is 1. The van der Waals surface area contributed by atoms with Crippen LogP contribution in [0.15, 0.2) is 18.2 Å². The SMILES string of the molecule is CCOc1ccc(C(=O)OCC(=O)NC(=O)NC(C)(C)C)cc1OCC. The fourth-order valence-electron chi connectivity index (χ4n) is 1.93. The average molecular weight is 366 g/mol. The minimum absolute atomic E-state index is 0.212. The second kappa shape index (κ2) is 9.65. The van der Waals surface area contributed by atoms with Gasteiger partial charge in [-0.1, -0.05) is 0 Å². The van der Waals surface area contributed by atoms with Crippen molar-refractivity contribution in [1.82, 2.24) is 10.6 Å². The van der Waals surface area contributed by atoms with Gasteiger partial charge in [-0.2, -0.15) is 0 Å². The quantitative estimate of drug-likeness (QED) is 0.718. The normalized spacial score (nSPS) is 10.7. The zero-order chi connectivity index (χ0) is 19.7. The summed E-state index contributed by atoms with van der Waals surface area (Å²) in [6, 6.07) is 3.95. The lowest BCUT2D eigenvalue weighted by Gasteiger charge is -2.20. The van der Waals surface area contributed by atoms with Crippen LogP contribution in [0.5, 0.6) is 11.5 Å². The number of amides is 3. The van der Waals surface area contributed by atoms with Gasteiger partial charge in [-0.3, -0.25) is 10.1 Å². The Kier molecular flexibility index (Phi) is 7.89. The largest absolute Gasteiger partial charge is 0.490 e. The van der Waals surface area contributed by atoms with Gasteiger partial charge in [0.2, 0.25) is 0 Å². The number of hydrogen-bond acceptors (Lipinski definition) is 6. The summed E-state index contributed by atoms with van der Waals surface area (Å²) in [5.41, 5.74) is -0.275. The summed E-state index contributed by atoms with van der Waals surface area (Å²) in [7, 11) is 0. The predicted molar refractivity (Wildman–Crippen MR) is 95.5 cm³/mol. The molecule has 2 N–H and O–H groups in total. The van der Waals surface area contributed by atoms with Crippen LogP contribution in [-0.2, 0) is 9.53 Å². The topological polar surface area (TPSA) is 103 Å². The smallest absolute Gasteiger partial charge is 0.338 e. The Bertz CT molecular complexity index is 652. The lowest BCUT2D eigenvalue weighted by molar-refractivity contribution is -0.123. The van der Waals surface area contributed by atoms with Crippen molar-refractivity contribution in [3.05, 3.63) is 23.8 Å². The fraction of sp³-hybridized carbons (Fsp3) is 0.500. The summed E-state index contributed by atoms with van der Waals surface area (Å²) in [5, 5.41) is 4.66. The number of ether oxygens (including phenoxy) is 3. The molecule has 0 heterocycles. The van der Waals surface area contributed by atoms with E-state index in [0.29, 0.717) is 24.7 Å². The van der Waals surface area contributed by atoms with Crippen LogP contribution < -0.4 is 20.1 Å². The highest BCUT2D eigenvalue weighted by molar-refractivity contribution is 5.97. The average Bonchev–Trinajstić information content (AvgIpc) is 2.52. The lowest BCUT2D eigenvalue weighted by atomic mass is 10.1. The van der Waals surface area contributed by atoms with E-state index in [1.54, 1.807) is 26.8 Å². The molecule has 0 spiro atoms. The standard InChI is InChI=1S/C18H26N2O6/c1-6-24-13-9-8-12(10-14(13)25-7-2)16(22)26-11-15(21)19-17(23)20-18(3,4)5/h8-10H,6-7,11H2,1-5H3,(H2,19,20,21,23).